The van der Waals surface area contributed by atoms with Crippen LogP contribution in [0.4, 0.5) is 0 Å². The Kier molecular flexibility index (Phi) is 3.93. The molecule has 0 aliphatic heterocycles. The van der Waals surface area contributed by atoms with Gasteiger partial charge in [0.1, 0.15) is 0 Å². The summed E-state index contributed by atoms with van der Waals surface area (Å²) >= 11 is 0. The second kappa shape index (κ2) is 5.66. The molecule has 0 amide bonds. The first-order valence-corrected chi connectivity index (χ1v) is 8.09. The Morgan fingerprint density at radius 3 is 2.16 bits per heavy atom. The molecule has 1 nitrogen and oxygen atoms in total. The molecule has 0 saturated heterocycles. The van der Waals surface area contributed by atoms with Crippen LogP contribution in [-0.4, -0.2) is 13.1 Å². The first kappa shape index (κ1) is 13.2. The van der Waals surface area contributed by atoms with E-state index in [0.717, 1.165) is 5.92 Å². The lowest BCUT2D eigenvalue weighted by Crippen LogP contribution is -2.43. The summed E-state index contributed by atoms with van der Waals surface area (Å²) in [6.45, 7) is 0. The van der Waals surface area contributed by atoms with Gasteiger partial charge in [0, 0.05) is 11.5 Å². The molecule has 1 heteroatoms. The molecule has 3 rings (SSSR count). The number of nitrogens with one attached hydrogen (secondary N) is 1. The Hall–Kier alpha value is -0.820. The fourth-order valence-electron chi connectivity index (χ4n) is 4.29. The van der Waals surface area contributed by atoms with Gasteiger partial charge in [0.25, 0.3) is 0 Å². The topological polar surface area (TPSA) is 12.0 Å². The first-order chi connectivity index (χ1) is 9.37. The maximum Gasteiger partial charge on any atom is 0.0189 e. The molecule has 19 heavy (non-hydrogen) atoms. The normalized spacial score (nSPS) is 24.7. The monoisotopic (exact) mass is 257 g/mol. The van der Waals surface area contributed by atoms with Gasteiger partial charge < -0.3 is 5.32 Å². The summed E-state index contributed by atoms with van der Waals surface area (Å²) in [4.78, 5) is 0. The van der Waals surface area contributed by atoms with Crippen LogP contribution in [0.2, 0.25) is 0 Å². The number of hydrogen-bond donors (Lipinski definition) is 1. The van der Waals surface area contributed by atoms with Gasteiger partial charge in [0.05, 0.1) is 0 Å². The van der Waals surface area contributed by atoms with E-state index in [0.29, 0.717) is 11.5 Å². The quantitative estimate of drug-likeness (QED) is 0.794. The summed E-state index contributed by atoms with van der Waals surface area (Å²) in [6.07, 6.45) is 11.4. The average Bonchev–Trinajstić information content (AvgIpc) is 3.26. The highest BCUT2D eigenvalue weighted by Crippen LogP contribution is 2.54. The van der Waals surface area contributed by atoms with Crippen molar-refractivity contribution >= 4 is 0 Å². The van der Waals surface area contributed by atoms with Crippen molar-refractivity contribution in [2.45, 2.75) is 62.8 Å². The Labute approximate surface area is 117 Å². The van der Waals surface area contributed by atoms with Gasteiger partial charge in [0.2, 0.25) is 0 Å². The third-order valence-corrected chi connectivity index (χ3v) is 5.41. The predicted molar refractivity (Wildman–Crippen MR) is 81.4 cm³/mol. The lowest BCUT2D eigenvalue weighted by atomic mass is 9.77. The van der Waals surface area contributed by atoms with Crippen LogP contribution in [0.15, 0.2) is 30.3 Å². The smallest absolute Gasteiger partial charge is 0.0189 e. The molecular weight excluding hydrogens is 230 g/mol. The number of hydrogen-bond acceptors (Lipinski definition) is 1. The second-order valence-corrected chi connectivity index (χ2v) is 6.54. The van der Waals surface area contributed by atoms with Gasteiger partial charge in [0.15, 0.2) is 0 Å². The van der Waals surface area contributed by atoms with Crippen LogP contribution >= 0.6 is 0 Å². The molecule has 1 N–H and O–H groups in total. The molecule has 2 aliphatic rings. The minimum atomic E-state index is 0.449. The predicted octanol–water partition coefficient (Wildman–Crippen LogP) is 4.28. The molecule has 2 fully saturated rings. The molecule has 104 valence electrons. The molecule has 0 spiro atoms. The molecule has 1 atom stereocenters. The Bertz CT molecular complexity index is 385. The van der Waals surface area contributed by atoms with Crippen molar-refractivity contribution in [3.8, 4) is 0 Å². The molecule has 2 aliphatic carbocycles. The lowest BCUT2D eigenvalue weighted by molar-refractivity contribution is 0.280. The molecule has 0 bridgehead atoms. The zero-order valence-electron chi connectivity index (χ0n) is 12.2. The van der Waals surface area contributed by atoms with Crippen LogP contribution in [0, 0.1) is 5.92 Å². The van der Waals surface area contributed by atoms with Crippen molar-refractivity contribution in [2.24, 2.45) is 5.92 Å². The summed E-state index contributed by atoms with van der Waals surface area (Å²) in [7, 11) is 2.18. The van der Waals surface area contributed by atoms with Gasteiger partial charge >= 0.3 is 0 Å². The van der Waals surface area contributed by atoms with E-state index in [1.165, 1.54) is 51.4 Å². The highest BCUT2D eigenvalue weighted by Gasteiger charge is 2.52. The van der Waals surface area contributed by atoms with Crippen molar-refractivity contribution in [3.05, 3.63) is 35.9 Å². The van der Waals surface area contributed by atoms with E-state index in [-0.39, 0.29) is 0 Å². The largest absolute Gasteiger partial charge is 0.316 e. The summed E-state index contributed by atoms with van der Waals surface area (Å²) < 4.78 is 0. The van der Waals surface area contributed by atoms with E-state index in [2.05, 4.69) is 42.7 Å². The van der Waals surface area contributed by atoms with Crippen LogP contribution in [0.3, 0.4) is 0 Å². The first-order valence-electron chi connectivity index (χ1n) is 8.09. The molecule has 0 aromatic heterocycles. The van der Waals surface area contributed by atoms with Gasteiger partial charge in [-0.05, 0) is 44.2 Å². The van der Waals surface area contributed by atoms with Crippen molar-refractivity contribution in [2.75, 3.05) is 7.05 Å². The van der Waals surface area contributed by atoms with Crippen molar-refractivity contribution < 1.29 is 0 Å². The summed E-state index contributed by atoms with van der Waals surface area (Å²) in [6, 6.07) is 11.9. The number of likely N-dealkylation sites (N-methyl/N-ethyl adjacent to an activating group) is 1. The van der Waals surface area contributed by atoms with E-state index >= 15 is 0 Å². The van der Waals surface area contributed by atoms with E-state index in [1.807, 2.05) is 0 Å². The summed E-state index contributed by atoms with van der Waals surface area (Å²) in [5.41, 5.74) is 2.02. The van der Waals surface area contributed by atoms with Crippen molar-refractivity contribution in [1.82, 2.24) is 5.32 Å². The van der Waals surface area contributed by atoms with Crippen LogP contribution in [0.5, 0.6) is 0 Å². The number of rotatable bonds is 4. The highest BCUT2D eigenvalue weighted by atomic mass is 14.9. The third kappa shape index (κ3) is 2.58. The Morgan fingerprint density at radius 1 is 1.00 bits per heavy atom. The van der Waals surface area contributed by atoms with E-state index in [9.17, 15) is 0 Å². The summed E-state index contributed by atoms with van der Waals surface area (Å²) in [5.74, 6) is 0.884. The standard InChI is InChI=1S/C18H27N/c1-19-17(15-9-5-2-3-6-10-15)18(13-14-18)16-11-7-4-8-12-16/h4,7-8,11-12,15,17,19H,2-3,5-6,9-10,13-14H2,1H3. The zero-order valence-corrected chi connectivity index (χ0v) is 12.2. The van der Waals surface area contributed by atoms with Crippen LogP contribution in [-0.2, 0) is 5.41 Å². The fourth-order valence-corrected chi connectivity index (χ4v) is 4.29. The molecular formula is C18H27N. The van der Waals surface area contributed by atoms with Gasteiger partial charge in [-0.15, -0.1) is 0 Å². The van der Waals surface area contributed by atoms with Gasteiger partial charge in [-0.1, -0.05) is 56.0 Å². The van der Waals surface area contributed by atoms with Gasteiger partial charge in [-0.3, -0.25) is 0 Å². The van der Waals surface area contributed by atoms with Gasteiger partial charge in [-0.25, -0.2) is 0 Å². The maximum absolute atomic E-state index is 3.70. The van der Waals surface area contributed by atoms with Crippen molar-refractivity contribution in [1.29, 1.82) is 0 Å². The Balaban J connectivity index is 1.81. The molecule has 1 aromatic rings. The van der Waals surface area contributed by atoms with Crippen LogP contribution < -0.4 is 5.32 Å². The van der Waals surface area contributed by atoms with E-state index < -0.39 is 0 Å². The minimum Gasteiger partial charge on any atom is -0.316 e. The Morgan fingerprint density at radius 2 is 1.63 bits per heavy atom. The molecule has 2 saturated carbocycles. The second-order valence-electron chi connectivity index (χ2n) is 6.54. The third-order valence-electron chi connectivity index (χ3n) is 5.41. The SMILES string of the molecule is CNC(C1CCCCCC1)C1(c2ccccc2)CC1. The van der Waals surface area contributed by atoms with E-state index in [1.54, 1.807) is 5.56 Å². The lowest BCUT2D eigenvalue weighted by Gasteiger charge is -2.34. The van der Waals surface area contributed by atoms with E-state index in [4.69, 9.17) is 0 Å². The van der Waals surface area contributed by atoms with Gasteiger partial charge in [-0.2, -0.15) is 0 Å². The highest BCUT2D eigenvalue weighted by molar-refractivity contribution is 5.34. The fraction of sp³-hybridized carbons (Fsp3) is 0.667. The zero-order chi connectivity index (χ0) is 13.1. The summed E-state index contributed by atoms with van der Waals surface area (Å²) in [5, 5.41) is 3.70. The minimum absolute atomic E-state index is 0.449. The average molecular weight is 257 g/mol. The van der Waals surface area contributed by atoms with Crippen LogP contribution in [0.1, 0.15) is 56.9 Å². The van der Waals surface area contributed by atoms with Crippen molar-refractivity contribution in [3.63, 3.8) is 0 Å². The number of benzene rings is 1. The molecule has 0 radical (unpaired) electrons. The molecule has 0 heterocycles. The molecule has 1 aromatic carbocycles. The van der Waals surface area contributed by atoms with Crippen LogP contribution in [0.25, 0.3) is 0 Å². The molecule has 1 unspecified atom stereocenters. The maximum atomic E-state index is 3.70.